The van der Waals surface area contributed by atoms with Gasteiger partial charge >= 0.3 is 0 Å². The SMILES string of the molecule is c1ccc(C2(c3cccc(N(c4ccc(-c5cccc(-n6c7ccccc7c7ccccc76)c5)cc4)c4ccc(-c5ccc6ccccc6c5)cc4)c3)c3ccccc3-c3ccccc32)cc1. The Kier molecular flexibility index (Phi) is 9.11. The summed E-state index contributed by atoms with van der Waals surface area (Å²) in [7, 11) is 0. The maximum atomic E-state index is 2.42. The van der Waals surface area contributed by atoms with Gasteiger partial charge in [-0.05, 0) is 133 Å². The van der Waals surface area contributed by atoms with Crippen LogP contribution in [-0.4, -0.2) is 4.57 Å². The lowest BCUT2D eigenvalue weighted by molar-refractivity contribution is 0.768. The average Bonchev–Trinajstić information content (AvgIpc) is 3.90. The van der Waals surface area contributed by atoms with Crippen LogP contribution in [0.5, 0.6) is 0 Å². The van der Waals surface area contributed by atoms with E-state index >= 15 is 0 Å². The van der Waals surface area contributed by atoms with Gasteiger partial charge in [0.25, 0.3) is 0 Å². The van der Waals surface area contributed by atoms with Crippen molar-refractivity contribution in [1.82, 2.24) is 4.57 Å². The van der Waals surface area contributed by atoms with Gasteiger partial charge in [-0.15, -0.1) is 0 Å². The second-order valence-electron chi connectivity index (χ2n) is 17.7. The molecule has 13 rings (SSSR count). The van der Waals surface area contributed by atoms with Crippen LogP contribution in [0.15, 0.2) is 267 Å². The van der Waals surface area contributed by atoms with Crippen molar-refractivity contribution in [2.24, 2.45) is 0 Å². The van der Waals surface area contributed by atoms with Crippen LogP contribution in [0, 0.1) is 0 Å². The van der Waals surface area contributed by atoms with E-state index in [0.717, 1.165) is 28.3 Å². The Morgan fingerprint density at radius 2 is 0.806 bits per heavy atom. The number of hydrogen-bond acceptors (Lipinski definition) is 1. The Morgan fingerprint density at radius 3 is 1.46 bits per heavy atom. The summed E-state index contributed by atoms with van der Waals surface area (Å²) in [6, 6.07) is 98.1. The van der Waals surface area contributed by atoms with Crippen molar-refractivity contribution in [3.63, 3.8) is 0 Å². The van der Waals surface area contributed by atoms with E-state index in [1.165, 1.54) is 82.6 Å². The Morgan fingerprint density at radius 1 is 0.299 bits per heavy atom. The number of anilines is 3. The summed E-state index contributed by atoms with van der Waals surface area (Å²) in [5, 5.41) is 5.01. The van der Waals surface area contributed by atoms with E-state index in [9.17, 15) is 0 Å². The maximum absolute atomic E-state index is 2.42. The molecule has 1 aliphatic rings. The molecule has 2 heteroatoms. The minimum atomic E-state index is -0.513. The van der Waals surface area contributed by atoms with Crippen molar-refractivity contribution < 1.29 is 0 Å². The highest BCUT2D eigenvalue weighted by Gasteiger charge is 2.46. The number of benzene rings is 11. The van der Waals surface area contributed by atoms with Crippen LogP contribution < -0.4 is 4.90 Å². The normalized spacial score (nSPS) is 12.6. The molecule has 0 unspecified atom stereocenters. The second-order valence-corrected chi connectivity index (χ2v) is 17.7. The molecule has 1 heterocycles. The van der Waals surface area contributed by atoms with Gasteiger partial charge in [0.1, 0.15) is 0 Å². The minimum absolute atomic E-state index is 0.513. The van der Waals surface area contributed by atoms with Gasteiger partial charge < -0.3 is 9.47 Å². The quantitative estimate of drug-likeness (QED) is 0.148. The molecule has 0 spiro atoms. The highest BCUT2D eigenvalue weighted by Crippen LogP contribution is 2.56. The standard InChI is InChI=1S/C65H44N2/c1-2-19-51(20-3-1)65(61-28-10-6-24-57(61)58-25-7-11-29-62(58)65)52-21-15-23-56(44-52)66(54-40-36-47(37-41-54)50-33-32-45-16-4-5-17-48(45)42-50)53-38-34-46(35-39-53)49-18-14-22-55(43-49)67-63-30-12-8-26-59(63)60-27-9-13-31-64(60)67/h1-44H. The van der Waals surface area contributed by atoms with Crippen LogP contribution in [0.4, 0.5) is 17.1 Å². The largest absolute Gasteiger partial charge is 0.310 e. The van der Waals surface area contributed by atoms with Crippen LogP contribution in [0.25, 0.3) is 71.6 Å². The van der Waals surface area contributed by atoms with Crippen LogP contribution >= 0.6 is 0 Å². The average molecular weight is 853 g/mol. The summed E-state index contributed by atoms with van der Waals surface area (Å²) in [5.41, 5.74) is 18.7. The van der Waals surface area contributed by atoms with Crippen molar-refractivity contribution in [3.8, 4) is 39.1 Å². The molecule has 11 aromatic carbocycles. The van der Waals surface area contributed by atoms with E-state index in [-0.39, 0.29) is 0 Å². The molecule has 0 N–H and O–H groups in total. The summed E-state index contributed by atoms with van der Waals surface area (Å²) in [6.07, 6.45) is 0. The molecule has 0 saturated heterocycles. The fraction of sp³-hybridized carbons (Fsp3) is 0.0154. The highest BCUT2D eigenvalue weighted by molar-refractivity contribution is 6.09. The van der Waals surface area contributed by atoms with Crippen LogP contribution in [0.2, 0.25) is 0 Å². The maximum Gasteiger partial charge on any atom is 0.0714 e. The van der Waals surface area contributed by atoms with Gasteiger partial charge in [0.15, 0.2) is 0 Å². The van der Waals surface area contributed by atoms with E-state index < -0.39 is 5.41 Å². The van der Waals surface area contributed by atoms with Crippen molar-refractivity contribution in [1.29, 1.82) is 0 Å². The first kappa shape index (κ1) is 38.7. The Hall–Kier alpha value is -8.72. The summed E-state index contributed by atoms with van der Waals surface area (Å²) >= 11 is 0. The zero-order valence-electron chi connectivity index (χ0n) is 36.8. The molecule has 67 heavy (non-hydrogen) atoms. The molecule has 314 valence electrons. The summed E-state index contributed by atoms with van der Waals surface area (Å²) in [4.78, 5) is 2.41. The smallest absolute Gasteiger partial charge is 0.0714 e. The number of nitrogens with zero attached hydrogens (tertiary/aromatic N) is 2. The summed E-state index contributed by atoms with van der Waals surface area (Å²) in [5.74, 6) is 0. The molecule has 0 atom stereocenters. The molecule has 0 aliphatic heterocycles. The van der Waals surface area contributed by atoms with Crippen LogP contribution in [-0.2, 0) is 5.41 Å². The van der Waals surface area contributed by atoms with Gasteiger partial charge in [0.05, 0.1) is 16.4 Å². The molecule has 12 aromatic rings. The Labute approximate surface area is 390 Å². The highest BCUT2D eigenvalue weighted by atomic mass is 15.1. The van der Waals surface area contributed by atoms with Crippen LogP contribution in [0.1, 0.15) is 22.3 Å². The van der Waals surface area contributed by atoms with Gasteiger partial charge in [-0.3, -0.25) is 0 Å². The predicted molar refractivity (Wildman–Crippen MR) is 281 cm³/mol. The van der Waals surface area contributed by atoms with E-state index in [1.54, 1.807) is 0 Å². The fourth-order valence-electron chi connectivity index (χ4n) is 11.0. The summed E-state index contributed by atoms with van der Waals surface area (Å²) < 4.78 is 2.39. The third-order valence-corrected chi connectivity index (χ3v) is 14.0. The fourth-order valence-corrected chi connectivity index (χ4v) is 11.0. The molecule has 0 saturated carbocycles. The van der Waals surface area contributed by atoms with Gasteiger partial charge in [0.2, 0.25) is 0 Å². The number of hydrogen-bond donors (Lipinski definition) is 0. The molecular formula is C65H44N2. The molecule has 0 bridgehead atoms. The first-order valence-electron chi connectivity index (χ1n) is 23.2. The lowest BCUT2D eigenvalue weighted by atomic mass is 9.67. The number of aromatic nitrogens is 1. The van der Waals surface area contributed by atoms with E-state index in [2.05, 4.69) is 276 Å². The van der Waals surface area contributed by atoms with Gasteiger partial charge in [-0.2, -0.15) is 0 Å². The van der Waals surface area contributed by atoms with Crippen molar-refractivity contribution in [2.75, 3.05) is 4.90 Å². The molecule has 0 radical (unpaired) electrons. The van der Waals surface area contributed by atoms with E-state index in [1.807, 2.05) is 0 Å². The second kappa shape index (κ2) is 15.8. The molecule has 0 amide bonds. The third-order valence-electron chi connectivity index (χ3n) is 14.0. The Bertz CT molecular complexity index is 3710. The third kappa shape index (κ3) is 6.26. The summed E-state index contributed by atoms with van der Waals surface area (Å²) in [6.45, 7) is 0. The van der Waals surface area contributed by atoms with Gasteiger partial charge in [-0.1, -0.05) is 200 Å². The van der Waals surface area contributed by atoms with Gasteiger partial charge in [-0.25, -0.2) is 0 Å². The predicted octanol–water partition coefficient (Wildman–Crippen LogP) is 17.1. The van der Waals surface area contributed by atoms with E-state index in [0.29, 0.717) is 0 Å². The van der Waals surface area contributed by atoms with Gasteiger partial charge in [0, 0.05) is 33.5 Å². The van der Waals surface area contributed by atoms with Crippen LogP contribution in [0.3, 0.4) is 0 Å². The number of rotatable bonds is 8. The molecule has 1 aromatic heterocycles. The zero-order chi connectivity index (χ0) is 44.3. The molecule has 0 fully saturated rings. The zero-order valence-corrected chi connectivity index (χ0v) is 36.8. The van der Waals surface area contributed by atoms with E-state index in [4.69, 9.17) is 0 Å². The van der Waals surface area contributed by atoms with Crippen molar-refractivity contribution >= 4 is 49.6 Å². The number of fused-ring (bicyclic) bond motifs is 7. The lowest BCUT2D eigenvalue weighted by Crippen LogP contribution is -2.28. The number of para-hydroxylation sites is 2. The Balaban J connectivity index is 0.948. The first-order chi connectivity index (χ1) is 33.2. The first-order valence-corrected chi connectivity index (χ1v) is 23.2. The van der Waals surface area contributed by atoms with Crippen molar-refractivity contribution in [3.05, 3.63) is 289 Å². The molecule has 2 nitrogen and oxygen atoms in total. The lowest BCUT2D eigenvalue weighted by Gasteiger charge is -2.35. The van der Waals surface area contributed by atoms with Crippen molar-refractivity contribution in [2.45, 2.75) is 5.41 Å². The minimum Gasteiger partial charge on any atom is -0.310 e. The molecule has 1 aliphatic carbocycles. The molecular weight excluding hydrogens is 809 g/mol. The monoisotopic (exact) mass is 852 g/mol. The topological polar surface area (TPSA) is 8.17 Å².